The van der Waals surface area contributed by atoms with Crippen LogP contribution in [0.3, 0.4) is 0 Å². The Kier molecular flexibility index (Phi) is 2.53. The van der Waals surface area contributed by atoms with Gasteiger partial charge in [-0.15, -0.1) is 0 Å². The molecule has 2 aromatic heterocycles. The van der Waals surface area contributed by atoms with Crippen molar-refractivity contribution >= 4 is 16.9 Å². The standard InChI is InChI=1S/C14H12N2O4/c1-7-13(10-6-12(14(18)19)20-15-10)9-5-8(17)3-4-11(9)16(7)2/h3-6,17H,1-2H3,(H,18,19). The van der Waals surface area contributed by atoms with Gasteiger partial charge in [-0.05, 0) is 25.1 Å². The molecular formula is C14H12N2O4. The Labute approximate surface area is 113 Å². The highest BCUT2D eigenvalue weighted by Gasteiger charge is 2.19. The molecule has 0 atom stereocenters. The van der Waals surface area contributed by atoms with Gasteiger partial charge >= 0.3 is 5.97 Å². The number of aromatic hydroxyl groups is 1. The molecule has 20 heavy (non-hydrogen) atoms. The number of aryl methyl sites for hydroxylation is 1. The minimum Gasteiger partial charge on any atom is -0.508 e. The number of carboxylic acid groups (broad SMARTS) is 1. The number of nitrogens with zero attached hydrogens (tertiary/aromatic N) is 2. The van der Waals surface area contributed by atoms with E-state index in [1.54, 1.807) is 18.2 Å². The zero-order valence-electron chi connectivity index (χ0n) is 10.9. The third-order valence-corrected chi connectivity index (χ3v) is 3.45. The van der Waals surface area contributed by atoms with Crippen LogP contribution in [0.5, 0.6) is 5.75 Å². The second-order valence-corrected chi connectivity index (χ2v) is 4.60. The van der Waals surface area contributed by atoms with Crippen LogP contribution in [0.1, 0.15) is 16.2 Å². The lowest BCUT2D eigenvalue weighted by Crippen LogP contribution is -1.92. The van der Waals surface area contributed by atoms with Crippen molar-refractivity contribution < 1.29 is 19.5 Å². The summed E-state index contributed by atoms with van der Waals surface area (Å²) in [6, 6.07) is 6.43. The van der Waals surface area contributed by atoms with Crippen LogP contribution in [0, 0.1) is 6.92 Å². The molecular weight excluding hydrogens is 260 g/mol. The first-order valence-corrected chi connectivity index (χ1v) is 5.97. The Bertz CT molecular complexity index is 829. The maximum Gasteiger partial charge on any atom is 0.374 e. The van der Waals surface area contributed by atoms with E-state index in [2.05, 4.69) is 5.16 Å². The fraction of sp³-hybridized carbons (Fsp3) is 0.143. The van der Waals surface area contributed by atoms with Crippen molar-refractivity contribution in [1.82, 2.24) is 9.72 Å². The number of fused-ring (bicyclic) bond motifs is 1. The fourth-order valence-electron chi connectivity index (χ4n) is 2.38. The SMILES string of the molecule is Cc1c(-c2cc(C(=O)O)on2)c2cc(O)ccc2n1C. The number of phenols is 1. The molecule has 0 unspecified atom stereocenters. The molecule has 2 N–H and O–H groups in total. The van der Waals surface area contributed by atoms with Crippen molar-refractivity contribution in [2.45, 2.75) is 6.92 Å². The van der Waals surface area contributed by atoms with Crippen molar-refractivity contribution in [1.29, 1.82) is 0 Å². The predicted molar refractivity (Wildman–Crippen MR) is 71.8 cm³/mol. The Morgan fingerprint density at radius 3 is 2.75 bits per heavy atom. The Hall–Kier alpha value is -2.76. The van der Waals surface area contributed by atoms with E-state index in [0.717, 1.165) is 22.2 Å². The average Bonchev–Trinajstić information content (AvgIpc) is 2.95. The number of hydrogen-bond donors (Lipinski definition) is 2. The zero-order chi connectivity index (χ0) is 14.4. The van der Waals surface area contributed by atoms with Crippen LogP contribution < -0.4 is 0 Å². The van der Waals surface area contributed by atoms with Crippen molar-refractivity contribution in [2.24, 2.45) is 7.05 Å². The van der Waals surface area contributed by atoms with E-state index in [-0.39, 0.29) is 11.5 Å². The molecule has 0 spiro atoms. The number of phenolic OH excluding ortho intramolecular Hbond substituents is 1. The van der Waals surface area contributed by atoms with Gasteiger partial charge in [-0.1, -0.05) is 5.16 Å². The molecule has 0 saturated heterocycles. The lowest BCUT2D eigenvalue weighted by Gasteiger charge is -1.98. The van der Waals surface area contributed by atoms with Gasteiger partial charge in [-0.2, -0.15) is 0 Å². The van der Waals surface area contributed by atoms with Crippen LogP contribution in [0.2, 0.25) is 0 Å². The number of carboxylic acids is 1. The van der Waals surface area contributed by atoms with Gasteiger partial charge in [0.2, 0.25) is 5.76 Å². The van der Waals surface area contributed by atoms with Crippen LogP contribution >= 0.6 is 0 Å². The Morgan fingerprint density at radius 2 is 2.10 bits per heavy atom. The molecule has 0 fully saturated rings. The van der Waals surface area contributed by atoms with Crippen molar-refractivity contribution in [3.63, 3.8) is 0 Å². The first kappa shape index (κ1) is 12.3. The van der Waals surface area contributed by atoms with Gasteiger partial charge in [-0.3, -0.25) is 0 Å². The molecule has 0 radical (unpaired) electrons. The molecule has 1 aromatic carbocycles. The largest absolute Gasteiger partial charge is 0.508 e. The minimum atomic E-state index is -1.16. The smallest absolute Gasteiger partial charge is 0.374 e. The summed E-state index contributed by atoms with van der Waals surface area (Å²) in [5, 5.41) is 23.2. The molecule has 0 saturated carbocycles. The van der Waals surface area contributed by atoms with Crippen LogP contribution in [-0.2, 0) is 7.05 Å². The van der Waals surface area contributed by atoms with E-state index < -0.39 is 5.97 Å². The molecule has 2 heterocycles. The van der Waals surface area contributed by atoms with E-state index in [0.29, 0.717) is 5.69 Å². The summed E-state index contributed by atoms with van der Waals surface area (Å²) in [5.74, 6) is -1.23. The number of aromatic carboxylic acids is 1. The fourth-order valence-corrected chi connectivity index (χ4v) is 2.38. The van der Waals surface area contributed by atoms with Crippen molar-refractivity contribution in [3.05, 3.63) is 35.7 Å². The Morgan fingerprint density at radius 1 is 1.35 bits per heavy atom. The normalized spacial score (nSPS) is 11.1. The van der Waals surface area contributed by atoms with Crippen LogP contribution in [0.4, 0.5) is 0 Å². The highest BCUT2D eigenvalue weighted by Crippen LogP contribution is 2.35. The third kappa shape index (κ3) is 1.65. The summed E-state index contributed by atoms with van der Waals surface area (Å²) in [6.07, 6.45) is 0. The van der Waals surface area contributed by atoms with E-state index in [9.17, 15) is 9.90 Å². The Balaban J connectivity index is 2.31. The first-order valence-electron chi connectivity index (χ1n) is 5.97. The number of benzene rings is 1. The van der Waals surface area contributed by atoms with Gasteiger partial charge in [0.05, 0.1) is 0 Å². The molecule has 0 aliphatic carbocycles. The molecule has 0 aliphatic rings. The number of rotatable bonds is 2. The molecule has 0 amide bonds. The summed E-state index contributed by atoms with van der Waals surface area (Å²) in [7, 11) is 1.90. The van der Waals surface area contributed by atoms with Gasteiger partial charge in [0.1, 0.15) is 11.4 Å². The summed E-state index contributed by atoms with van der Waals surface area (Å²) >= 11 is 0. The van der Waals surface area contributed by atoms with E-state index in [1.807, 2.05) is 18.5 Å². The zero-order valence-corrected chi connectivity index (χ0v) is 10.9. The van der Waals surface area contributed by atoms with Gasteiger partial charge in [0, 0.05) is 35.3 Å². The molecule has 3 aromatic rings. The lowest BCUT2D eigenvalue weighted by molar-refractivity contribution is 0.0652. The lowest BCUT2D eigenvalue weighted by atomic mass is 10.1. The number of carbonyl (C=O) groups is 1. The second-order valence-electron chi connectivity index (χ2n) is 4.60. The quantitative estimate of drug-likeness (QED) is 0.748. The summed E-state index contributed by atoms with van der Waals surface area (Å²) in [4.78, 5) is 10.9. The maximum absolute atomic E-state index is 10.9. The van der Waals surface area contributed by atoms with Crippen LogP contribution in [-0.4, -0.2) is 25.9 Å². The number of hydrogen-bond acceptors (Lipinski definition) is 4. The van der Waals surface area contributed by atoms with Gasteiger partial charge in [0.25, 0.3) is 0 Å². The van der Waals surface area contributed by atoms with Crippen molar-refractivity contribution in [2.75, 3.05) is 0 Å². The van der Waals surface area contributed by atoms with Gasteiger partial charge < -0.3 is 19.3 Å². The van der Waals surface area contributed by atoms with Gasteiger partial charge in [-0.25, -0.2) is 4.79 Å². The molecule has 102 valence electrons. The van der Waals surface area contributed by atoms with Crippen LogP contribution in [0.15, 0.2) is 28.8 Å². The number of aromatic nitrogens is 2. The van der Waals surface area contributed by atoms with Crippen molar-refractivity contribution in [3.8, 4) is 17.0 Å². The monoisotopic (exact) mass is 272 g/mol. The summed E-state index contributed by atoms with van der Waals surface area (Å²) in [5.41, 5.74) is 3.04. The highest BCUT2D eigenvalue weighted by molar-refractivity contribution is 5.98. The molecule has 3 rings (SSSR count). The first-order chi connectivity index (χ1) is 9.49. The topological polar surface area (TPSA) is 88.5 Å². The van der Waals surface area contributed by atoms with E-state index in [4.69, 9.17) is 9.63 Å². The molecule has 6 heteroatoms. The molecule has 0 bridgehead atoms. The maximum atomic E-state index is 10.9. The van der Waals surface area contributed by atoms with E-state index in [1.165, 1.54) is 6.07 Å². The third-order valence-electron chi connectivity index (χ3n) is 3.45. The summed E-state index contributed by atoms with van der Waals surface area (Å²) < 4.78 is 6.76. The summed E-state index contributed by atoms with van der Waals surface area (Å²) in [6.45, 7) is 1.90. The predicted octanol–water partition coefficient (Wildman–Crippen LogP) is 2.55. The van der Waals surface area contributed by atoms with Gasteiger partial charge in [0.15, 0.2) is 0 Å². The second kappa shape index (κ2) is 4.12. The highest BCUT2D eigenvalue weighted by atomic mass is 16.5. The average molecular weight is 272 g/mol. The minimum absolute atomic E-state index is 0.145. The van der Waals surface area contributed by atoms with Crippen LogP contribution in [0.25, 0.3) is 22.2 Å². The van der Waals surface area contributed by atoms with E-state index >= 15 is 0 Å². The molecule has 6 nitrogen and oxygen atoms in total. The molecule has 0 aliphatic heterocycles.